The van der Waals surface area contributed by atoms with Crippen LogP contribution in [0.3, 0.4) is 0 Å². The van der Waals surface area contributed by atoms with Crippen molar-refractivity contribution in [2.24, 2.45) is 4.99 Å². The van der Waals surface area contributed by atoms with Crippen LogP contribution in [0.4, 0.5) is 0 Å². The number of nitrogens with zero attached hydrogens (tertiary/aromatic N) is 1. The van der Waals surface area contributed by atoms with E-state index in [1.54, 1.807) is 0 Å². The van der Waals surface area contributed by atoms with E-state index in [0.717, 1.165) is 30.1 Å². The molecule has 84 valence electrons. The van der Waals surface area contributed by atoms with Gasteiger partial charge in [0.15, 0.2) is 5.78 Å². The van der Waals surface area contributed by atoms with Crippen molar-refractivity contribution in [1.82, 2.24) is 5.32 Å². The Morgan fingerprint density at radius 2 is 2.25 bits per heavy atom. The van der Waals surface area contributed by atoms with Gasteiger partial charge in [0, 0.05) is 12.1 Å². The van der Waals surface area contributed by atoms with Crippen LogP contribution in [0.2, 0.25) is 0 Å². The van der Waals surface area contributed by atoms with Crippen LogP contribution in [0.5, 0.6) is 0 Å². The molecule has 0 radical (unpaired) electrons. The molecule has 1 aromatic carbocycles. The minimum atomic E-state index is 0.144. The summed E-state index contributed by atoms with van der Waals surface area (Å²) in [7, 11) is 0. The van der Waals surface area contributed by atoms with Gasteiger partial charge in [-0.1, -0.05) is 23.8 Å². The summed E-state index contributed by atoms with van der Waals surface area (Å²) in [5, 5.41) is 3.12. The van der Waals surface area contributed by atoms with E-state index in [1.165, 1.54) is 5.56 Å². The molecule has 1 heterocycles. The zero-order valence-corrected chi connectivity index (χ0v) is 9.71. The van der Waals surface area contributed by atoms with Crippen molar-refractivity contribution in [3.05, 3.63) is 34.9 Å². The number of nitrogens with one attached hydrogen (secondary N) is 1. The third kappa shape index (κ3) is 2.30. The molecule has 0 saturated heterocycles. The minimum Gasteiger partial charge on any atom is -0.372 e. The fourth-order valence-corrected chi connectivity index (χ4v) is 1.94. The lowest BCUT2D eigenvalue weighted by atomic mass is 10.0. The number of amidine groups is 1. The molecule has 0 saturated carbocycles. The third-order valence-corrected chi connectivity index (χ3v) is 2.75. The van der Waals surface area contributed by atoms with Crippen LogP contribution in [-0.2, 0) is 0 Å². The molecule has 1 N–H and O–H groups in total. The lowest BCUT2D eigenvalue weighted by Crippen LogP contribution is -2.22. The zero-order valence-electron chi connectivity index (χ0n) is 9.71. The first-order chi connectivity index (χ1) is 7.66. The van der Waals surface area contributed by atoms with Crippen LogP contribution in [0.1, 0.15) is 27.9 Å². The Morgan fingerprint density at radius 3 is 2.88 bits per heavy atom. The van der Waals surface area contributed by atoms with E-state index in [-0.39, 0.29) is 5.78 Å². The van der Waals surface area contributed by atoms with Gasteiger partial charge in [0.05, 0.1) is 13.0 Å². The molecule has 3 nitrogen and oxygen atoms in total. The summed E-state index contributed by atoms with van der Waals surface area (Å²) in [5.74, 6) is 0.968. The first-order valence-electron chi connectivity index (χ1n) is 5.54. The molecule has 1 aliphatic rings. The fourth-order valence-electron chi connectivity index (χ4n) is 1.94. The Kier molecular flexibility index (Phi) is 3.04. The molecule has 0 unspecified atom stereocenters. The average molecular weight is 216 g/mol. The van der Waals surface area contributed by atoms with Crippen LogP contribution in [-0.4, -0.2) is 24.7 Å². The van der Waals surface area contributed by atoms with Crippen molar-refractivity contribution in [2.45, 2.75) is 20.3 Å². The van der Waals surface area contributed by atoms with Gasteiger partial charge in [-0.25, -0.2) is 0 Å². The first kappa shape index (κ1) is 10.9. The number of Topliss-reactive ketones (excluding diaryl/α,β-unsaturated/α-hetero) is 1. The van der Waals surface area contributed by atoms with Gasteiger partial charge in [-0.05, 0) is 19.4 Å². The Labute approximate surface area is 95.6 Å². The highest BCUT2D eigenvalue weighted by Crippen LogP contribution is 2.13. The lowest BCUT2D eigenvalue weighted by molar-refractivity contribution is 0.0999. The van der Waals surface area contributed by atoms with Gasteiger partial charge in [0.1, 0.15) is 5.84 Å². The molecule has 0 atom stereocenters. The molecule has 1 aliphatic heterocycles. The Morgan fingerprint density at radius 1 is 1.44 bits per heavy atom. The number of hydrogen-bond acceptors (Lipinski definition) is 3. The molecule has 0 bridgehead atoms. The van der Waals surface area contributed by atoms with E-state index in [1.807, 2.05) is 32.0 Å². The van der Waals surface area contributed by atoms with Crippen LogP contribution < -0.4 is 5.32 Å². The number of benzene rings is 1. The van der Waals surface area contributed by atoms with Crippen molar-refractivity contribution >= 4 is 11.6 Å². The summed E-state index contributed by atoms with van der Waals surface area (Å²) in [6.45, 7) is 5.65. The molecule has 0 fully saturated rings. The predicted octanol–water partition coefficient (Wildman–Crippen LogP) is 1.88. The van der Waals surface area contributed by atoms with Gasteiger partial charge in [0.25, 0.3) is 0 Å². The van der Waals surface area contributed by atoms with E-state index in [9.17, 15) is 4.79 Å². The maximum atomic E-state index is 12.0. The Hall–Kier alpha value is -1.64. The quantitative estimate of drug-likeness (QED) is 0.784. The summed E-state index contributed by atoms with van der Waals surface area (Å²) in [4.78, 5) is 16.2. The Bertz CT molecular complexity index is 449. The number of rotatable bonds is 3. The van der Waals surface area contributed by atoms with Crippen LogP contribution in [0.15, 0.2) is 23.2 Å². The largest absolute Gasteiger partial charge is 0.372 e. The van der Waals surface area contributed by atoms with E-state index in [4.69, 9.17) is 0 Å². The Balaban J connectivity index is 2.14. The highest BCUT2D eigenvalue weighted by Gasteiger charge is 2.14. The SMILES string of the molecule is Cc1ccc(C(=O)CC2=NCCN2)c(C)c1. The van der Waals surface area contributed by atoms with Gasteiger partial charge in [-0.15, -0.1) is 0 Å². The second kappa shape index (κ2) is 4.47. The summed E-state index contributed by atoms with van der Waals surface area (Å²) < 4.78 is 0. The van der Waals surface area contributed by atoms with Crippen LogP contribution >= 0.6 is 0 Å². The van der Waals surface area contributed by atoms with Gasteiger partial charge in [0.2, 0.25) is 0 Å². The number of carbonyl (C=O) groups excluding carboxylic acids is 1. The van der Waals surface area contributed by atoms with Gasteiger partial charge in [-0.2, -0.15) is 0 Å². The van der Waals surface area contributed by atoms with Gasteiger partial charge < -0.3 is 5.32 Å². The molecular weight excluding hydrogens is 200 g/mol. The molecule has 16 heavy (non-hydrogen) atoms. The number of carbonyl (C=O) groups is 1. The molecule has 2 rings (SSSR count). The van der Waals surface area contributed by atoms with Crippen LogP contribution in [0, 0.1) is 13.8 Å². The molecular formula is C13H16N2O. The molecule has 0 spiro atoms. The van der Waals surface area contributed by atoms with E-state index >= 15 is 0 Å². The minimum absolute atomic E-state index is 0.144. The molecule has 0 amide bonds. The number of hydrogen-bond donors (Lipinski definition) is 1. The van der Waals surface area contributed by atoms with Crippen molar-refractivity contribution < 1.29 is 4.79 Å². The topological polar surface area (TPSA) is 41.5 Å². The van der Waals surface area contributed by atoms with Gasteiger partial charge >= 0.3 is 0 Å². The number of ketones is 1. The maximum Gasteiger partial charge on any atom is 0.170 e. The highest BCUT2D eigenvalue weighted by atomic mass is 16.1. The van der Waals surface area contributed by atoms with Gasteiger partial charge in [-0.3, -0.25) is 9.79 Å². The second-order valence-corrected chi connectivity index (χ2v) is 4.17. The molecule has 0 aromatic heterocycles. The predicted molar refractivity (Wildman–Crippen MR) is 65.2 cm³/mol. The number of aliphatic imine (C=N–C) groups is 1. The fraction of sp³-hybridized carbons (Fsp3) is 0.385. The van der Waals surface area contributed by atoms with Crippen molar-refractivity contribution in [1.29, 1.82) is 0 Å². The molecule has 1 aromatic rings. The third-order valence-electron chi connectivity index (χ3n) is 2.75. The first-order valence-corrected chi connectivity index (χ1v) is 5.54. The average Bonchev–Trinajstić information content (AvgIpc) is 2.70. The maximum absolute atomic E-state index is 12.0. The highest BCUT2D eigenvalue weighted by molar-refractivity contribution is 6.10. The standard InChI is InChI=1S/C13H16N2O/c1-9-3-4-11(10(2)7-9)12(16)8-13-14-5-6-15-13/h3-4,7H,5-6,8H2,1-2H3,(H,14,15). The summed E-state index contributed by atoms with van der Waals surface area (Å²) in [5.41, 5.74) is 3.04. The van der Waals surface area contributed by atoms with Crippen molar-refractivity contribution in [3.8, 4) is 0 Å². The summed E-state index contributed by atoms with van der Waals surface area (Å²) in [6.07, 6.45) is 0.393. The van der Waals surface area contributed by atoms with Crippen molar-refractivity contribution in [2.75, 3.05) is 13.1 Å². The van der Waals surface area contributed by atoms with E-state index in [0.29, 0.717) is 6.42 Å². The van der Waals surface area contributed by atoms with Crippen LogP contribution in [0.25, 0.3) is 0 Å². The lowest BCUT2D eigenvalue weighted by Gasteiger charge is -2.06. The summed E-state index contributed by atoms with van der Waals surface area (Å²) in [6, 6.07) is 5.92. The smallest absolute Gasteiger partial charge is 0.170 e. The summed E-state index contributed by atoms with van der Waals surface area (Å²) >= 11 is 0. The van der Waals surface area contributed by atoms with E-state index < -0.39 is 0 Å². The zero-order chi connectivity index (χ0) is 11.5. The van der Waals surface area contributed by atoms with Crippen molar-refractivity contribution in [3.63, 3.8) is 0 Å². The number of aryl methyl sites for hydroxylation is 2. The molecule has 0 aliphatic carbocycles. The second-order valence-electron chi connectivity index (χ2n) is 4.17. The van der Waals surface area contributed by atoms with E-state index in [2.05, 4.69) is 10.3 Å². The normalized spacial score (nSPS) is 14.5. The molecule has 3 heteroatoms. The monoisotopic (exact) mass is 216 g/mol.